The Labute approximate surface area is 408 Å². The molecule has 0 fully saturated rings. The third-order valence-corrected chi connectivity index (χ3v) is 14.2. The summed E-state index contributed by atoms with van der Waals surface area (Å²) in [4.78, 5) is 80.7. The third kappa shape index (κ3) is 14.3. The number of aliphatic hydroxyl groups is 7. The average molecular weight is 1480 g/mol. The lowest BCUT2D eigenvalue weighted by Gasteiger charge is -2.29. The maximum atomic E-state index is 13.8. The van der Waals surface area contributed by atoms with Gasteiger partial charge in [0.15, 0.2) is 5.78 Å². The Morgan fingerprint density at radius 2 is 0.947 bits per heavy atom. The van der Waals surface area contributed by atoms with E-state index in [2.05, 4.69) is 21.3 Å². The molecule has 2 aromatic carbocycles. The van der Waals surface area contributed by atoms with Crippen LogP contribution in [0.15, 0.2) is 0 Å². The number of benzene rings is 2. The van der Waals surface area contributed by atoms with Gasteiger partial charge >= 0.3 is 0 Å². The Bertz CT molecular complexity index is 1820. The number of ketones is 1. The zero-order valence-corrected chi connectivity index (χ0v) is 42.9. The number of rotatable bonds is 20. The van der Waals surface area contributed by atoms with Crippen molar-refractivity contribution in [3.63, 3.8) is 0 Å². The first kappa shape index (κ1) is 52.7. The summed E-state index contributed by atoms with van der Waals surface area (Å²) in [5.74, 6) is -3.83. The summed E-state index contributed by atoms with van der Waals surface area (Å²) in [7, 11) is 0. The first-order valence-corrected chi connectivity index (χ1v) is 23.0. The minimum atomic E-state index is -1.46. The third-order valence-electron chi connectivity index (χ3n) is 7.75. The Balaban J connectivity index is 2.60. The molecular formula is C33H39I6N5O13. The van der Waals surface area contributed by atoms with Crippen LogP contribution in [-0.2, 0) is 9.59 Å². The van der Waals surface area contributed by atoms with E-state index in [4.69, 9.17) is 5.11 Å². The van der Waals surface area contributed by atoms with Crippen LogP contribution in [0.2, 0.25) is 0 Å². The molecule has 57 heavy (non-hydrogen) atoms. The second kappa shape index (κ2) is 24.9. The van der Waals surface area contributed by atoms with Crippen LogP contribution in [0.25, 0.3) is 0 Å². The fourth-order valence-corrected chi connectivity index (χ4v) is 14.1. The summed E-state index contributed by atoms with van der Waals surface area (Å²) in [5, 5.41) is 78.7. The lowest BCUT2D eigenvalue weighted by atomic mass is 10.00. The lowest BCUT2D eigenvalue weighted by Crippen LogP contribution is -2.43. The van der Waals surface area contributed by atoms with Gasteiger partial charge in [-0.1, -0.05) is 0 Å². The van der Waals surface area contributed by atoms with Crippen LogP contribution in [0.5, 0.6) is 0 Å². The number of halogens is 6. The summed E-state index contributed by atoms with van der Waals surface area (Å²) >= 11 is 11.0. The molecule has 0 radical (unpaired) electrons. The van der Waals surface area contributed by atoms with Gasteiger partial charge in [-0.3, -0.25) is 28.8 Å². The Morgan fingerprint density at radius 3 is 1.35 bits per heavy atom. The fraction of sp³-hybridized carbons (Fsp3) is 0.455. The van der Waals surface area contributed by atoms with Gasteiger partial charge in [-0.2, -0.15) is 0 Å². The summed E-state index contributed by atoms with van der Waals surface area (Å²) in [6.07, 6.45) is -5.53. The number of carbonyl (C=O) groups excluding carboxylic acids is 6. The van der Waals surface area contributed by atoms with E-state index in [0.29, 0.717) is 3.57 Å². The van der Waals surface area contributed by atoms with Gasteiger partial charge in [-0.05, 0) is 142 Å². The molecule has 0 aromatic heterocycles. The summed E-state index contributed by atoms with van der Waals surface area (Å²) in [6.45, 7) is -0.947. The van der Waals surface area contributed by atoms with Crippen molar-refractivity contribution in [2.75, 3.05) is 56.2 Å². The molecule has 0 aliphatic rings. The Kier molecular flexibility index (Phi) is 23.0. The van der Waals surface area contributed by atoms with E-state index in [-0.39, 0.29) is 77.4 Å². The van der Waals surface area contributed by atoms with Crippen LogP contribution in [0.1, 0.15) is 68.1 Å². The number of Topliss-reactive ketones (excluding diaryl/α,β-unsaturated/α-hetero) is 1. The standard InChI is InChI=1S/C33H39I6N5O13/c1-12(48)43-29-25(36)20(24(35)21(26(29)37)32(56)41-6-16(52)10-46)31(55)40-5-15(51)8-44(13(2)49)30-27(38)19(18(54)4-3-14(50)9-45)23(34)22(28(30)39)33(57)42-7-17(53)11-47/h14-17,45-47,50-53H,3-11H2,1-2H3,(H,40,55)(H,41,56)(H,42,57)(H,43,48). The second-order valence-electron chi connectivity index (χ2n) is 12.2. The van der Waals surface area contributed by atoms with E-state index in [9.17, 15) is 59.4 Å². The molecule has 5 amide bonds. The van der Waals surface area contributed by atoms with Gasteiger partial charge in [0.25, 0.3) is 17.7 Å². The van der Waals surface area contributed by atoms with Crippen molar-refractivity contribution in [1.82, 2.24) is 16.0 Å². The van der Waals surface area contributed by atoms with Gasteiger partial charge in [0.1, 0.15) is 0 Å². The second-order valence-corrected chi connectivity index (χ2v) is 18.6. The predicted molar refractivity (Wildman–Crippen MR) is 257 cm³/mol. The maximum Gasteiger partial charge on any atom is 0.253 e. The van der Waals surface area contributed by atoms with Crippen molar-refractivity contribution in [1.29, 1.82) is 0 Å². The van der Waals surface area contributed by atoms with Gasteiger partial charge in [-0.25, -0.2) is 0 Å². The smallest absolute Gasteiger partial charge is 0.253 e. The van der Waals surface area contributed by atoms with E-state index in [1.165, 1.54) is 13.8 Å². The number of anilines is 2. The first-order valence-electron chi connectivity index (χ1n) is 16.5. The van der Waals surface area contributed by atoms with Gasteiger partial charge in [0.2, 0.25) is 11.8 Å². The quantitative estimate of drug-likeness (QED) is 0.0650. The number of nitrogens with zero attached hydrogens (tertiary/aromatic N) is 1. The van der Waals surface area contributed by atoms with E-state index in [1.54, 1.807) is 22.6 Å². The van der Waals surface area contributed by atoms with Crippen LogP contribution in [0, 0.1) is 21.4 Å². The van der Waals surface area contributed by atoms with Crippen molar-refractivity contribution in [2.24, 2.45) is 0 Å². The topological polar surface area (TPSA) is 295 Å². The molecule has 11 N–H and O–H groups in total. The summed E-state index contributed by atoms with van der Waals surface area (Å²) < 4.78 is 1.36. The highest BCUT2D eigenvalue weighted by Crippen LogP contribution is 2.39. The van der Waals surface area contributed by atoms with Crippen molar-refractivity contribution in [3.8, 4) is 0 Å². The van der Waals surface area contributed by atoms with Crippen molar-refractivity contribution >= 4 is 182 Å². The normalized spacial score (nSPS) is 13.2. The van der Waals surface area contributed by atoms with E-state index >= 15 is 0 Å². The van der Waals surface area contributed by atoms with Crippen LogP contribution in [-0.4, -0.2) is 141 Å². The lowest BCUT2D eigenvalue weighted by molar-refractivity contribution is -0.117. The molecule has 2 rings (SSSR count). The highest BCUT2D eigenvalue weighted by Gasteiger charge is 2.33. The predicted octanol–water partition coefficient (Wildman–Crippen LogP) is 0.898. The summed E-state index contributed by atoms with van der Waals surface area (Å²) in [5.41, 5.74) is 0.209. The highest BCUT2D eigenvalue weighted by molar-refractivity contribution is 14.1. The minimum Gasteiger partial charge on any atom is -0.394 e. The van der Waals surface area contributed by atoms with Gasteiger partial charge in [0, 0.05) is 56.2 Å². The molecular weight excluding hydrogens is 1440 g/mol. The SMILES string of the molecule is CC(=O)Nc1c(I)c(C(=O)NCC(O)CO)c(I)c(C(=O)NCC(O)CN(C(C)=O)c2c(I)c(C(=O)CCC(O)CO)c(I)c(C(=O)NCC(O)CO)c2I)c1I. The van der Waals surface area contributed by atoms with Crippen LogP contribution >= 0.6 is 136 Å². The molecule has 0 heterocycles. The molecule has 0 saturated carbocycles. The molecule has 18 nitrogen and oxygen atoms in total. The number of amides is 5. The minimum absolute atomic E-state index is 0.00347. The zero-order valence-electron chi connectivity index (χ0n) is 30.0. The van der Waals surface area contributed by atoms with E-state index < -0.39 is 92.6 Å². The summed E-state index contributed by atoms with van der Waals surface area (Å²) in [6, 6.07) is 0. The fourth-order valence-electron chi connectivity index (χ4n) is 4.87. The molecule has 0 spiro atoms. The Morgan fingerprint density at radius 1 is 0.561 bits per heavy atom. The molecule has 0 aliphatic carbocycles. The van der Waals surface area contributed by atoms with Crippen molar-refractivity contribution in [2.45, 2.75) is 51.1 Å². The number of aliphatic hydroxyl groups excluding tert-OH is 7. The van der Waals surface area contributed by atoms with Crippen LogP contribution in [0.4, 0.5) is 11.4 Å². The van der Waals surface area contributed by atoms with E-state index in [1.807, 2.05) is 113 Å². The zero-order chi connectivity index (χ0) is 43.5. The monoisotopic (exact) mass is 1470 g/mol. The average Bonchev–Trinajstić information content (AvgIpc) is 3.14. The van der Waals surface area contributed by atoms with Gasteiger partial charge in [-0.15, -0.1) is 0 Å². The number of hydrogen-bond acceptors (Lipinski definition) is 13. The maximum absolute atomic E-state index is 13.8. The molecule has 4 atom stereocenters. The van der Waals surface area contributed by atoms with E-state index in [0.717, 1.165) is 4.90 Å². The number of nitrogens with one attached hydrogen (secondary N) is 4. The molecule has 0 aliphatic heterocycles. The van der Waals surface area contributed by atoms with Crippen molar-refractivity contribution < 1.29 is 64.5 Å². The van der Waals surface area contributed by atoms with Crippen LogP contribution in [0.3, 0.4) is 0 Å². The molecule has 24 heteroatoms. The number of carbonyl (C=O) groups is 6. The largest absolute Gasteiger partial charge is 0.394 e. The van der Waals surface area contributed by atoms with Crippen LogP contribution < -0.4 is 26.2 Å². The number of hydrogen-bond donors (Lipinski definition) is 11. The van der Waals surface area contributed by atoms with Gasteiger partial charge in [0.05, 0.1) is 89.6 Å². The Hall–Kier alpha value is -0.440. The molecule has 0 saturated heterocycles. The molecule has 2 aromatic rings. The first-order chi connectivity index (χ1) is 26.6. The molecule has 0 bridgehead atoms. The molecule has 316 valence electrons. The van der Waals surface area contributed by atoms with Crippen molar-refractivity contribution in [3.05, 3.63) is 43.7 Å². The van der Waals surface area contributed by atoms with Gasteiger partial charge < -0.3 is 61.9 Å². The molecule has 4 unspecified atom stereocenters. The highest BCUT2D eigenvalue weighted by atomic mass is 127.